The number of non-ortho nitro benzene ring substituents is 1. The molecule has 2 N–H and O–H groups in total. The van der Waals surface area contributed by atoms with Crippen LogP contribution in [-0.4, -0.2) is 42.9 Å². The average molecular weight is 362 g/mol. The molecule has 2 rings (SSSR count). The van der Waals surface area contributed by atoms with Crippen molar-refractivity contribution < 1.29 is 14.5 Å². The Hall–Kier alpha value is -2.64. The fourth-order valence-corrected chi connectivity index (χ4v) is 2.93. The number of nitrogens with zero attached hydrogens (tertiary/aromatic N) is 2. The number of amides is 2. The first-order chi connectivity index (χ1) is 12.4. The lowest BCUT2D eigenvalue weighted by Gasteiger charge is -2.33. The van der Waals surface area contributed by atoms with Gasteiger partial charge in [0.05, 0.1) is 22.7 Å². The minimum absolute atomic E-state index is 0.139. The first kappa shape index (κ1) is 19.7. The first-order valence-electron chi connectivity index (χ1n) is 9.00. The second kappa shape index (κ2) is 9.17. The Labute approximate surface area is 153 Å². The minimum atomic E-state index is -0.521. The van der Waals surface area contributed by atoms with Gasteiger partial charge in [-0.05, 0) is 31.2 Å². The molecule has 26 heavy (non-hydrogen) atoms. The van der Waals surface area contributed by atoms with Gasteiger partial charge in [-0.1, -0.05) is 13.8 Å². The zero-order chi connectivity index (χ0) is 19.1. The fraction of sp³-hybridized carbons (Fsp3) is 0.556. The molecule has 1 aromatic carbocycles. The molecule has 0 atom stereocenters. The molecule has 1 heterocycles. The van der Waals surface area contributed by atoms with Crippen LogP contribution in [0.2, 0.25) is 0 Å². The van der Waals surface area contributed by atoms with Crippen molar-refractivity contribution in [2.45, 2.75) is 33.1 Å². The van der Waals surface area contributed by atoms with E-state index in [1.54, 1.807) is 6.07 Å². The predicted octanol–water partition coefficient (Wildman–Crippen LogP) is 2.09. The van der Waals surface area contributed by atoms with Gasteiger partial charge in [-0.3, -0.25) is 19.7 Å². The maximum atomic E-state index is 12.6. The minimum Gasteiger partial charge on any atom is -0.371 e. The number of piperidine rings is 1. The highest BCUT2D eigenvalue weighted by atomic mass is 16.6. The molecule has 1 fully saturated rings. The van der Waals surface area contributed by atoms with Gasteiger partial charge in [0.2, 0.25) is 5.91 Å². The van der Waals surface area contributed by atoms with Crippen molar-refractivity contribution in [2.75, 3.05) is 31.1 Å². The number of nitro groups is 1. The molecule has 0 spiro atoms. The van der Waals surface area contributed by atoms with Gasteiger partial charge in [-0.2, -0.15) is 0 Å². The normalized spacial score (nSPS) is 14.8. The summed E-state index contributed by atoms with van der Waals surface area (Å²) in [5.41, 5.74) is 0.769. The second-order valence-corrected chi connectivity index (χ2v) is 6.66. The predicted molar refractivity (Wildman–Crippen MR) is 99.3 cm³/mol. The summed E-state index contributed by atoms with van der Waals surface area (Å²) < 4.78 is 0. The van der Waals surface area contributed by atoms with Crippen LogP contribution in [0.1, 0.15) is 43.5 Å². The Balaban J connectivity index is 2.17. The molecule has 0 aliphatic carbocycles. The van der Waals surface area contributed by atoms with Crippen LogP contribution in [0.5, 0.6) is 0 Å². The van der Waals surface area contributed by atoms with Crippen molar-refractivity contribution in [3.05, 3.63) is 33.9 Å². The Morgan fingerprint density at radius 2 is 1.96 bits per heavy atom. The molecule has 1 aliphatic rings. The molecule has 142 valence electrons. The third-order valence-corrected chi connectivity index (χ3v) is 4.54. The van der Waals surface area contributed by atoms with E-state index in [2.05, 4.69) is 22.5 Å². The number of carbonyl (C=O) groups is 2. The largest absolute Gasteiger partial charge is 0.371 e. The molecule has 1 aliphatic heterocycles. The number of nitro benzene ring substituents is 1. The molecular formula is C18H26N4O4. The Morgan fingerprint density at radius 3 is 2.58 bits per heavy atom. The summed E-state index contributed by atoms with van der Waals surface area (Å²) in [4.78, 5) is 36.9. The lowest BCUT2D eigenvalue weighted by atomic mass is 9.98. The SMILES string of the molecule is CCCNC(=O)CNC(=O)c1cc([N+](=O)[O-])ccc1N1CCC(C)CC1. The van der Waals surface area contributed by atoms with Gasteiger partial charge in [-0.15, -0.1) is 0 Å². The van der Waals surface area contributed by atoms with Gasteiger partial charge in [0, 0.05) is 31.8 Å². The third kappa shape index (κ3) is 5.18. The monoisotopic (exact) mass is 362 g/mol. The Morgan fingerprint density at radius 1 is 1.27 bits per heavy atom. The maximum absolute atomic E-state index is 12.6. The molecule has 0 aromatic heterocycles. The average Bonchev–Trinajstić information content (AvgIpc) is 2.64. The van der Waals surface area contributed by atoms with Crippen LogP contribution >= 0.6 is 0 Å². The lowest BCUT2D eigenvalue weighted by molar-refractivity contribution is -0.384. The standard InChI is InChI=1S/C18H26N4O4/c1-3-8-19-17(23)12-20-18(24)15-11-14(22(25)26)4-5-16(15)21-9-6-13(2)7-10-21/h4-5,11,13H,3,6-10,12H2,1-2H3,(H,19,23)(H,20,24). The second-order valence-electron chi connectivity index (χ2n) is 6.66. The van der Waals surface area contributed by atoms with Crippen molar-refractivity contribution >= 4 is 23.2 Å². The quantitative estimate of drug-likeness (QED) is 0.571. The summed E-state index contributed by atoms with van der Waals surface area (Å²) >= 11 is 0. The molecule has 0 bridgehead atoms. The number of rotatable bonds is 7. The van der Waals surface area contributed by atoms with E-state index in [-0.39, 0.29) is 23.7 Å². The Bertz CT molecular complexity index is 669. The number of hydrogen-bond donors (Lipinski definition) is 2. The molecule has 0 saturated carbocycles. The zero-order valence-corrected chi connectivity index (χ0v) is 15.3. The highest BCUT2D eigenvalue weighted by Gasteiger charge is 2.23. The lowest BCUT2D eigenvalue weighted by Crippen LogP contribution is -2.38. The highest BCUT2D eigenvalue weighted by Crippen LogP contribution is 2.29. The van der Waals surface area contributed by atoms with E-state index in [4.69, 9.17) is 0 Å². The number of hydrogen-bond acceptors (Lipinski definition) is 5. The van der Waals surface area contributed by atoms with E-state index < -0.39 is 10.8 Å². The number of benzene rings is 1. The van der Waals surface area contributed by atoms with Crippen LogP contribution in [0.3, 0.4) is 0 Å². The van der Waals surface area contributed by atoms with Gasteiger partial charge in [-0.25, -0.2) is 0 Å². The summed E-state index contributed by atoms with van der Waals surface area (Å²) in [6.07, 6.45) is 2.83. The molecule has 8 nitrogen and oxygen atoms in total. The van der Waals surface area contributed by atoms with E-state index in [1.165, 1.54) is 12.1 Å². The van der Waals surface area contributed by atoms with E-state index in [0.717, 1.165) is 32.4 Å². The fourth-order valence-electron chi connectivity index (χ4n) is 2.93. The number of nitrogens with one attached hydrogen (secondary N) is 2. The summed E-state index contributed by atoms with van der Waals surface area (Å²) in [6.45, 7) is 6.12. The van der Waals surface area contributed by atoms with E-state index >= 15 is 0 Å². The van der Waals surface area contributed by atoms with Crippen LogP contribution in [-0.2, 0) is 4.79 Å². The topological polar surface area (TPSA) is 105 Å². The van der Waals surface area contributed by atoms with Crippen molar-refractivity contribution in [2.24, 2.45) is 5.92 Å². The van der Waals surface area contributed by atoms with E-state index in [1.807, 2.05) is 6.92 Å². The van der Waals surface area contributed by atoms with Crippen LogP contribution in [0.15, 0.2) is 18.2 Å². The van der Waals surface area contributed by atoms with Crippen LogP contribution in [0.4, 0.5) is 11.4 Å². The highest BCUT2D eigenvalue weighted by molar-refractivity contribution is 6.02. The molecular weight excluding hydrogens is 336 g/mol. The van der Waals surface area contributed by atoms with Gasteiger partial charge >= 0.3 is 0 Å². The smallest absolute Gasteiger partial charge is 0.270 e. The van der Waals surface area contributed by atoms with Crippen LogP contribution < -0.4 is 15.5 Å². The molecule has 1 aromatic rings. The maximum Gasteiger partial charge on any atom is 0.270 e. The molecule has 0 radical (unpaired) electrons. The van der Waals surface area contributed by atoms with Crippen molar-refractivity contribution in [1.82, 2.24) is 10.6 Å². The van der Waals surface area contributed by atoms with Gasteiger partial charge in [0.1, 0.15) is 0 Å². The summed E-state index contributed by atoms with van der Waals surface area (Å²) in [5.74, 6) is -0.128. The molecule has 1 saturated heterocycles. The number of carbonyl (C=O) groups excluding carboxylic acids is 2. The van der Waals surface area contributed by atoms with Crippen molar-refractivity contribution in [3.8, 4) is 0 Å². The molecule has 0 unspecified atom stereocenters. The first-order valence-corrected chi connectivity index (χ1v) is 9.00. The molecule has 2 amide bonds. The van der Waals surface area contributed by atoms with Gasteiger partial charge in [0.15, 0.2) is 0 Å². The molecule has 8 heteroatoms. The van der Waals surface area contributed by atoms with E-state index in [9.17, 15) is 19.7 Å². The van der Waals surface area contributed by atoms with Crippen LogP contribution in [0.25, 0.3) is 0 Å². The van der Waals surface area contributed by atoms with Crippen molar-refractivity contribution in [1.29, 1.82) is 0 Å². The van der Waals surface area contributed by atoms with Gasteiger partial charge < -0.3 is 15.5 Å². The van der Waals surface area contributed by atoms with Gasteiger partial charge in [0.25, 0.3) is 11.6 Å². The zero-order valence-electron chi connectivity index (χ0n) is 15.3. The third-order valence-electron chi connectivity index (χ3n) is 4.54. The Kier molecular flexibility index (Phi) is 6.94. The number of anilines is 1. The summed E-state index contributed by atoms with van der Waals surface area (Å²) in [7, 11) is 0. The van der Waals surface area contributed by atoms with Crippen molar-refractivity contribution in [3.63, 3.8) is 0 Å². The van der Waals surface area contributed by atoms with E-state index in [0.29, 0.717) is 18.2 Å². The summed E-state index contributed by atoms with van der Waals surface area (Å²) in [5, 5.41) is 16.3. The summed E-state index contributed by atoms with van der Waals surface area (Å²) in [6, 6.07) is 4.32. The van der Waals surface area contributed by atoms with Crippen LogP contribution in [0, 0.1) is 16.0 Å².